The Morgan fingerprint density at radius 3 is 2.69 bits per heavy atom. The van der Waals surface area contributed by atoms with E-state index >= 15 is 0 Å². The summed E-state index contributed by atoms with van der Waals surface area (Å²) in [5.41, 5.74) is 8.35. The van der Waals surface area contributed by atoms with Crippen LogP contribution in [0.25, 0.3) is 21.1 Å². The van der Waals surface area contributed by atoms with Crippen LogP contribution in [0.1, 0.15) is 5.56 Å². The van der Waals surface area contributed by atoms with Crippen LogP contribution >= 0.6 is 11.3 Å². The summed E-state index contributed by atoms with van der Waals surface area (Å²) in [6.45, 7) is 1.91. The van der Waals surface area contributed by atoms with E-state index in [2.05, 4.69) is 0 Å². The average molecular weight is 231 g/mol. The summed E-state index contributed by atoms with van der Waals surface area (Å²) in [4.78, 5) is 11.0. The first-order valence-electron chi connectivity index (χ1n) is 4.89. The van der Waals surface area contributed by atoms with Gasteiger partial charge in [0.25, 0.3) is 0 Å². The Hall–Kier alpha value is -1.81. The molecule has 3 aromatic rings. The molecule has 3 nitrogen and oxygen atoms in total. The monoisotopic (exact) mass is 231 g/mol. The van der Waals surface area contributed by atoms with Crippen LogP contribution in [-0.2, 0) is 0 Å². The number of nitrogens with two attached hydrogens (primary N) is 1. The first-order valence-corrected chi connectivity index (χ1v) is 5.70. The van der Waals surface area contributed by atoms with E-state index in [-0.39, 0.29) is 4.94 Å². The quantitative estimate of drug-likeness (QED) is 0.605. The molecule has 80 valence electrons. The molecular formula is C12H9NO2S. The van der Waals surface area contributed by atoms with Gasteiger partial charge in [0.2, 0.25) is 0 Å². The first-order chi connectivity index (χ1) is 7.68. The largest absolute Gasteiger partial charge is 0.413 e. The third kappa shape index (κ3) is 1.10. The maximum absolute atomic E-state index is 11.3. The minimum Gasteiger partial charge on any atom is -0.413 e. The Kier molecular flexibility index (Phi) is 1.82. The lowest BCUT2D eigenvalue weighted by Crippen LogP contribution is -1.91. The molecule has 0 atom stereocenters. The van der Waals surface area contributed by atoms with E-state index in [1.165, 1.54) is 0 Å². The number of hydrogen-bond acceptors (Lipinski definition) is 4. The van der Waals surface area contributed by atoms with Crippen molar-refractivity contribution in [2.75, 3.05) is 5.73 Å². The summed E-state index contributed by atoms with van der Waals surface area (Å²) >= 11 is 1.11. The molecule has 4 heteroatoms. The molecule has 3 rings (SSSR count). The minimum absolute atomic E-state index is 0.283. The third-order valence-corrected chi connectivity index (χ3v) is 3.73. The van der Waals surface area contributed by atoms with Gasteiger partial charge in [0, 0.05) is 16.5 Å². The normalized spacial score (nSPS) is 11.3. The molecular weight excluding hydrogens is 222 g/mol. The highest BCUT2D eigenvalue weighted by molar-refractivity contribution is 7.16. The second-order valence-electron chi connectivity index (χ2n) is 3.70. The third-order valence-electron chi connectivity index (χ3n) is 2.78. The van der Waals surface area contributed by atoms with Gasteiger partial charge in [-0.2, -0.15) is 0 Å². The summed E-state index contributed by atoms with van der Waals surface area (Å²) in [7, 11) is 0. The number of benzene rings is 2. The number of aryl methyl sites for hydroxylation is 1. The van der Waals surface area contributed by atoms with E-state index in [0.717, 1.165) is 38.1 Å². The van der Waals surface area contributed by atoms with Crippen LogP contribution in [0.5, 0.6) is 0 Å². The van der Waals surface area contributed by atoms with E-state index in [1.807, 2.05) is 31.2 Å². The van der Waals surface area contributed by atoms with Crippen LogP contribution < -0.4 is 10.7 Å². The average Bonchev–Trinajstić information content (AvgIpc) is 2.68. The van der Waals surface area contributed by atoms with Crippen LogP contribution in [0.4, 0.5) is 5.69 Å². The van der Waals surface area contributed by atoms with Crippen LogP contribution in [0.2, 0.25) is 0 Å². The fourth-order valence-corrected chi connectivity index (χ4v) is 2.74. The topological polar surface area (TPSA) is 56.2 Å². The number of hydrogen-bond donors (Lipinski definition) is 1. The molecule has 1 aromatic heterocycles. The second kappa shape index (κ2) is 3.09. The van der Waals surface area contributed by atoms with Crippen molar-refractivity contribution in [3.63, 3.8) is 0 Å². The number of nitrogen functional groups attached to an aromatic ring is 1. The number of fused-ring (bicyclic) bond motifs is 3. The van der Waals surface area contributed by atoms with Gasteiger partial charge in [-0.15, -0.1) is 0 Å². The molecule has 2 N–H and O–H groups in total. The molecule has 0 fully saturated rings. The maximum Gasteiger partial charge on any atom is 0.396 e. The van der Waals surface area contributed by atoms with Gasteiger partial charge in [-0.05, 0) is 12.5 Å². The maximum atomic E-state index is 11.3. The molecule has 2 aromatic carbocycles. The zero-order chi connectivity index (χ0) is 11.3. The van der Waals surface area contributed by atoms with E-state index < -0.39 is 0 Å². The highest BCUT2D eigenvalue weighted by Crippen LogP contribution is 2.35. The van der Waals surface area contributed by atoms with Gasteiger partial charge in [0.1, 0.15) is 0 Å². The summed E-state index contributed by atoms with van der Waals surface area (Å²) in [6, 6.07) is 7.69. The van der Waals surface area contributed by atoms with E-state index in [9.17, 15) is 4.79 Å². The lowest BCUT2D eigenvalue weighted by atomic mass is 10.0. The fraction of sp³-hybridized carbons (Fsp3) is 0.0833. The second-order valence-corrected chi connectivity index (χ2v) is 4.64. The van der Waals surface area contributed by atoms with E-state index in [4.69, 9.17) is 10.2 Å². The first kappa shape index (κ1) is 9.42. The zero-order valence-corrected chi connectivity index (χ0v) is 9.43. The van der Waals surface area contributed by atoms with E-state index in [1.54, 1.807) is 0 Å². The molecule has 0 bridgehead atoms. The van der Waals surface area contributed by atoms with Crippen LogP contribution in [-0.4, -0.2) is 0 Å². The Morgan fingerprint density at radius 1 is 1.25 bits per heavy atom. The van der Waals surface area contributed by atoms with Crippen molar-refractivity contribution in [3.8, 4) is 0 Å². The summed E-state index contributed by atoms with van der Waals surface area (Å²) < 4.78 is 6.07. The van der Waals surface area contributed by atoms with E-state index in [0.29, 0.717) is 5.58 Å². The Bertz CT molecular complexity index is 755. The van der Waals surface area contributed by atoms with Crippen molar-refractivity contribution in [1.29, 1.82) is 0 Å². The number of anilines is 1. The predicted octanol–water partition coefficient (Wildman–Crippen LogP) is 2.90. The van der Waals surface area contributed by atoms with Crippen molar-refractivity contribution in [1.82, 2.24) is 0 Å². The Morgan fingerprint density at radius 2 is 1.94 bits per heavy atom. The SMILES string of the molecule is Cc1c(N)c2ccccc2c2oc(=O)sc12. The predicted molar refractivity (Wildman–Crippen MR) is 67.0 cm³/mol. The fourth-order valence-electron chi connectivity index (χ4n) is 1.94. The smallest absolute Gasteiger partial charge is 0.396 e. The molecule has 0 aliphatic carbocycles. The molecule has 0 aliphatic heterocycles. The van der Waals surface area contributed by atoms with Crippen LogP contribution in [0.3, 0.4) is 0 Å². The van der Waals surface area contributed by atoms with Crippen molar-refractivity contribution in [3.05, 3.63) is 39.6 Å². The Labute approximate surface area is 95.1 Å². The number of rotatable bonds is 0. The van der Waals surface area contributed by atoms with Crippen molar-refractivity contribution in [2.24, 2.45) is 0 Å². The minimum atomic E-state index is -0.283. The standard InChI is InChI=1S/C12H9NO2S/c1-6-9(13)7-4-2-3-5-8(7)10-11(6)16-12(14)15-10/h2-5H,13H2,1H3. The summed E-state index contributed by atoms with van der Waals surface area (Å²) in [5, 5.41) is 1.84. The molecule has 0 aliphatic rings. The van der Waals surface area contributed by atoms with Gasteiger partial charge in [-0.1, -0.05) is 35.6 Å². The highest BCUT2D eigenvalue weighted by atomic mass is 32.1. The van der Waals surface area contributed by atoms with Crippen LogP contribution in [0.15, 0.2) is 33.5 Å². The summed E-state index contributed by atoms with van der Waals surface area (Å²) in [6.07, 6.45) is 0. The molecule has 0 amide bonds. The molecule has 16 heavy (non-hydrogen) atoms. The lowest BCUT2D eigenvalue weighted by Gasteiger charge is -2.05. The molecule has 0 spiro atoms. The van der Waals surface area contributed by atoms with Gasteiger partial charge in [-0.3, -0.25) is 0 Å². The zero-order valence-electron chi connectivity index (χ0n) is 8.61. The Balaban J connectivity index is 2.73. The van der Waals surface area contributed by atoms with Crippen molar-refractivity contribution in [2.45, 2.75) is 6.92 Å². The van der Waals surface area contributed by atoms with Gasteiger partial charge in [0.05, 0.1) is 4.70 Å². The molecule has 1 heterocycles. The lowest BCUT2D eigenvalue weighted by molar-refractivity contribution is 0.588. The van der Waals surface area contributed by atoms with Gasteiger partial charge in [0.15, 0.2) is 5.58 Å². The van der Waals surface area contributed by atoms with Gasteiger partial charge in [-0.25, -0.2) is 4.79 Å². The molecule has 0 saturated heterocycles. The van der Waals surface area contributed by atoms with Crippen LogP contribution in [0, 0.1) is 6.92 Å². The highest BCUT2D eigenvalue weighted by Gasteiger charge is 2.13. The van der Waals surface area contributed by atoms with Crippen molar-refractivity contribution < 1.29 is 4.42 Å². The van der Waals surface area contributed by atoms with Crippen molar-refractivity contribution >= 4 is 38.1 Å². The molecule has 0 radical (unpaired) electrons. The van der Waals surface area contributed by atoms with Gasteiger partial charge >= 0.3 is 4.94 Å². The molecule has 0 unspecified atom stereocenters. The molecule has 0 saturated carbocycles. The summed E-state index contributed by atoms with van der Waals surface area (Å²) in [5.74, 6) is 0. The van der Waals surface area contributed by atoms with Gasteiger partial charge < -0.3 is 10.2 Å².